The van der Waals surface area contributed by atoms with Gasteiger partial charge < -0.3 is 25.0 Å². The van der Waals surface area contributed by atoms with E-state index in [4.69, 9.17) is 15.2 Å². The summed E-state index contributed by atoms with van der Waals surface area (Å²) in [4.78, 5) is 27.4. The van der Waals surface area contributed by atoms with Gasteiger partial charge in [0, 0.05) is 25.6 Å². The van der Waals surface area contributed by atoms with Crippen molar-refractivity contribution in [2.75, 3.05) is 32.8 Å². The molecule has 0 unspecified atom stereocenters. The Morgan fingerprint density at radius 2 is 1.92 bits per heavy atom. The summed E-state index contributed by atoms with van der Waals surface area (Å²) in [5.74, 6) is 1.52. The van der Waals surface area contributed by atoms with Crippen LogP contribution in [0.15, 0.2) is 24.3 Å². The molecule has 3 rings (SSSR count). The highest BCUT2D eigenvalue weighted by molar-refractivity contribution is 5.79. The van der Waals surface area contributed by atoms with Gasteiger partial charge in [0.2, 0.25) is 5.91 Å². The summed E-state index contributed by atoms with van der Waals surface area (Å²) in [6, 6.07) is 7.15. The summed E-state index contributed by atoms with van der Waals surface area (Å²) in [6.07, 6.45) is 1.14. The molecular weight excluding hydrogens is 322 g/mol. The maximum Gasteiger partial charge on any atom is 0.314 e. The van der Waals surface area contributed by atoms with E-state index in [1.807, 2.05) is 36.1 Å². The third kappa shape index (κ3) is 3.97. The Hall–Kier alpha value is -2.44. The minimum Gasteiger partial charge on any atom is -0.486 e. The van der Waals surface area contributed by atoms with Crippen LogP contribution in [0.3, 0.4) is 0 Å². The molecule has 7 nitrogen and oxygen atoms in total. The van der Waals surface area contributed by atoms with E-state index in [2.05, 4.69) is 0 Å². The maximum absolute atomic E-state index is 12.8. The highest BCUT2D eigenvalue weighted by atomic mass is 16.6. The van der Waals surface area contributed by atoms with Crippen LogP contribution in [0.4, 0.5) is 4.79 Å². The summed E-state index contributed by atoms with van der Waals surface area (Å²) in [7, 11) is 0. The lowest BCUT2D eigenvalue weighted by atomic mass is 9.95. The Balaban J connectivity index is 1.56. The number of primary amides is 1. The zero-order chi connectivity index (χ0) is 17.8. The van der Waals surface area contributed by atoms with Crippen LogP contribution in [0.2, 0.25) is 0 Å². The van der Waals surface area contributed by atoms with Gasteiger partial charge in [0.15, 0.2) is 17.6 Å². The standard InChI is InChI=1S/C18H25N3O4/c1-2-20(17(22)13-7-9-21(10-8-13)18(19)23)11-14-12-24-15-5-3-4-6-16(15)25-14/h3-6,13-14H,2,7-12H2,1H3,(H2,19,23)/t14-/m0/s1. The lowest BCUT2D eigenvalue weighted by molar-refractivity contribution is -0.138. The first kappa shape index (κ1) is 17.4. The number of para-hydroxylation sites is 2. The number of hydrogen-bond donors (Lipinski definition) is 1. The van der Waals surface area contributed by atoms with Crippen LogP contribution in [-0.4, -0.2) is 60.6 Å². The number of carbonyl (C=O) groups is 2. The minimum absolute atomic E-state index is 0.0626. The van der Waals surface area contributed by atoms with Gasteiger partial charge in [0.05, 0.1) is 6.54 Å². The summed E-state index contributed by atoms with van der Waals surface area (Å²) >= 11 is 0. The predicted octanol–water partition coefficient (Wildman–Crippen LogP) is 1.47. The van der Waals surface area contributed by atoms with Crippen molar-refractivity contribution in [2.24, 2.45) is 11.7 Å². The molecule has 0 aromatic heterocycles. The molecule has 0 spiro atoms. The molecule has 0 aliphatic carbocycles. The van der Waals surface area contributed by atoms with Crippen LogP contribution in [0.25, 0.3) is 0 Å². The van der Waals surface area contributed by atoms with Gasteiger partial charge >= 0.3 is 6.03 Å². The van der Waals surface area contributed by atoms with Gasteiger partial charge in [-0.05, 0) is 31.9 Å². The molecular formula is C18H25N3O4. The Kier molecular flexibility index (Phi) is 5.31. The van der Waals surface area contributed by atoms with Gasteiger partial charge in [-0.2, -0.15) is 0 Å². The summed E-state index contributed by atoms with van der Waals surface area (Å²) in [5, 5.41) is 0. The van der Waals surface area contributed by atoms with Crippen LogP contribution in [0, 0.1) is 5.92 Å². The van der Waals surface area contributed by atoms with Crippen molar-refractivity contribution in [3.8, 4) is 11.5 Å². The topological polar surface area (TPSA) is 85.1 Å². The third-order valence-electron chi connectivity index (χ3n) is 4.84. The molecule has 25 heavy (non-hydrogen) atoms. The SMILES string of the molecule is CCN(C[C@H]1COc2ccccc2O1)C(=O)C1CCN(C(N)=O)CC1. The van der Waals surface area contributed by atoms with Crippen LogP contribution >= 0.6 is 0 Å². The van der Waals surface area contributed by atoms with E-state index >= 15 is 0 Å². The van der Waals surface area contributed by atoms with Crippen molar-refractivity contribution in [3.05, 3.63) is 24.3 Å². The maximum atomic E-state index is 12.8. The molecule has 3 amide bonds. The molecule has 0 radical (unpaired) electrons. The van der Waals surface area contributed by atoms with Crippen molar-refractivity contribution in [2.45, 2.75) is 25.9 Å². The fourth-order valence-corrected chi connectivity index (χ4v) is 3.38. The van der Waals surface area contributed by atoms with Crippen molar-refractivity contribution in [1.29, 1.82) is 0 Å². The molecule has 1 atom stereocenters. The molecule has 1 fully saturated rings. The monoisotopic (exact) mass is 347 g/mol. The number of carbonyl (C=O) groups excluding carboxylic acids is 2. The Bertz CT molecular complexity index is 629. The van der Waals surface area contributed by atoms with E-state index in [0.717, 1.165) is 11.5 Å². The Morgan fingerprint density at radius 1 is 1.24 bits per heavy atom. The zero-order valence-electron chi connectivity index (χ0n) is 14.5. The zero-order valence-corrected chi connectivity index (χ0v) is 14.5. The Labute approximate surface area is 147 Å². The molecule has 1 aromatic rings. The molecule has 2 aliphatic heterocycles. The molecule has 2 N–H and O–H groups in total. The number of urea groups is 1. The average molecular weight is 347 g/mol. The number of benzene rings is 1. The predicted molar refractivity (Wildman–Crippen MR) is 92.5 cm³/mol. The van der Waals surface area contributed by atoms with Crippen LogP contribution in [0.1, 0.15) is 19.8 Å². The van der Waals surface area contributed by atoms with E-state index < -0.39 is 6.03 Å². The summed E-state index contributed by atoms with van der Waals surface area (Å²) < 4.78 is 11.7. The molecule has 0 bridgehead atoms. The molecule has 7 heteroatoms. The van der Waals surface area contributed by atoms with E-state index in [-0.39, 0.29) is 17.9 Å². The molecule has 0 saturated carbocycles. The van der Waals surface area contributed by atoms with Gasteiger partial charge in [-0.3, -0.25) is 4.79 Å². The van der Waals surface area contributed by atoms with Crippen molar-refractivity contribution < 1.29 is 19.1 Å². The van der Waals surface area contributed by atoms with E-state index in [0.29, 0.717) is 45.6 Å². The average Bonchev–Trinajstić information content (AvgIpc) is 2.65. The van der Waals surface area contributed by atoms with Gasteiger partial charge in [0.25, 0.3) is 0 Å². The van der Waals surface area contributed by atoms with Crippen LogP contribution in [0.5, 0.6) is 11.5 Å². The lowest BCUT2D eigenvalue weighted by Gasteiger charge is -2.35. The van der Waals surface area contributed by atoms with Gasteiger partial charge in [-0.1, -0.05) is 12.1 Å². The van der Waals surface area contributed by atoms with Crippen LogP contribution in [-0.2, 0) is 4.79 Å². The second-order valence-corrected chi connectivity index (χ2v) is 6.47. The number of amides is 3. The summed E-state index contributed by atoms with van der Waals surface area (Å²) in [6.45, 7) is 4.60. The summed E-state index contributed by atoms with van der Waals surface area (Å²) in [5.41, 5.74) is 5.30. The second kappa shape index (κ2) is 7.63. The quantitative estimate of drug-likeness (QED) is 0.894. The normalized spacial score (nSPS) is 20.2. The number of rotatable bonds is 4. The van der Waals surface area contributed by atoms with Crippen molar-refractivity contribution >= 4 is 11.9 Å². The second-order valence-electron chi connectivity index (χ2n) is 6.47. The van der Waals surface area contributed by atoms with Gasteiger partial charge in [-0.15, -0.1) is 0 Å². The lowest BCUT2D eigenvalue weighted by Crippen LogP contribution is -2.49. The van der Waals surface area contributed by atoms with E-state index in [1.54, 1.807) is 4.90 Å². The van der Waals surface area contributed by atoms with Crippen molar-refractivity contribution in [1.82, 2.24) is 9.80 Å². The number of nitrogens with zero attached hydrogens (tertiary/aromatic N) is 2. The Morgan fingerprint density at radius 3 is 2.56 bits per heavy atom. The number of nitrogens with two attached hydrogens (primary N) is 1. The number of ether oxygens (including phenoxy) is 2. The number of likely N-dealkylation sites (N-methyl/N-ethyl adjacent to an activating group) is 1. The van der Waals surface area contributed by atoms with Crippen molar-refractivity contribution in [3.63, 3.8) is 0 Å². The fourth-order valence-electron chi connectivity index (χ4n) is 3.38. The number of fused-ring (bicyclic) bond motifs is 1. The first-order valence-electron chi connectivity index (χ1n) is 8.80. The van der Waals surface area contributed by atoms with Gasteiger partial charge in [0.1, 0.15) is 6.61 Å². The number of likely N-dealkylation sites (tertiary alicyclic amines) is 1. The molecule has 1 aromatic carbocycles. The highest BCUT2D eigenvalue weighted by Crippen LogP contribution is 2.31. The molecule has 2 aliphatic rings. The fraction of sp³-hybridized carbons (Fsp3) is 0.556. The smallest absolute Gasteiger partial charge is 0.314 e. The molecule has 1 saturated heterocycles. The van der Waals surface area contributed by atoms with E-state index in [9.17, 15) is 9.59 Å². The third-order valence-corrected chi connectivity index (χ3v) is 4.84. The first-order chi connectivity index (χ1) is 12.1. The van der Waals surface area contributed by atoms with E-state index in [1.165, 1.54) is 0 Å². The number of hydrogen-bond acceptors (Lipinski definition) is 4. The minimum atomic E-state index is -0.412. The first-order valence-corrected chi connectivity index (χ1v) is 8.80. The largest absolute Gasteiger partial charge is 0.486 e. The van der Waals surface area contributed by atoms with Gasteiger partial charge in [-0.25, -0.2) is 4.79 Å². The number of piperidine rings is 1. The molecule has 2 heterocycles. The van der Waals surface area contributed by atoms with Crippen LogP contribution < -0.4 is 15.2 Å². The molecule has 136 valence electrons. The highest BCUT2D eigenvalue weighted by Gasteiger charge is 2.31.